The van der Waals surface area contributed by atoms with E-state index in [0.717, 1.165) is 57.0 Å². The van der Waals surface area contributed by atoms with Crippen molar-refractivity contribution in [2.45, 2.75) is 19.3 Å². The molecule has 0 atom stereocenters. The number of thiophene rings is 1. The van der Waals surface area contributed by atoms with Gasteiger partial charge in [0.05, 0.1) is 9.88 Å². The van der Waals surface area contributed by atoms with Crippen LogP contribution in [0.2, 0.25) is 0 Å². The first-order valence-electron chi connectivity index (χ1n) is 9.65. The molecule has 2 amide bonds. The van der Waals surface area contributed by atoms with E-state index in [1.165, 1.54) is 16.9 Å². The summed E-state index contributed by atoms with van der Waals surface area (Å²) in [6.07, 6.45) is 3.01. The van der Waals surface area contributed by atoms with Crippen LogP contribution in [0, 0.1) is 5.92 Å². The summed E-state index contributed by atoms with van der Waals surface area (Å²) in [5, 5.41) is 3.70. The van der Waals surface area contributed by atoms with Gasteiger partial charge in [-0.25, -0.2) is 0 Å². The van der Waals surface area contributed by atoms with Crippen LogP contribution < -0.4 is 5.32 Å². The molecular formula is C21H25N3O2S. The van der Waals surface area contributed by atoms with E-state index in [-0.39, 0.29) is 17.7 Å². The van der Waals surface area contributed by atoms with E-state index in [0.29, 0.717) is 4.88 Å². The maximum atomic E-state index is 12.7. The Morgan fingerprint density at radius 1 is 1.00 bits per heavy atom. The van der Waals surface area contributed by atoms with E-state index in [1.807, 2.05) is 23.1 Å². The number of carbonyl (C=O) groups is 2. The van der Waals surface area contributed by atoms with Crippen molar-refractivity contribution in [3.8, 4) is 0 Å². The summed E-state index contributed by atoms with van der Waals surface area (Å²) in [7, 11) is 0. The molecule has 1 aromatic carbocycles. The third kappa shape index (κ3) is 4.76. The molecule has 0 radical (unpaired) electrons. The number of rotatable bonds is 6. The van der Waals surface area contributed by atoms with E-state index in [2.05, 4.69) is 34.5 Å². The van der Waals surface area contributed by atoms with Gasteiger partial charge in [-0.3, -0.25) is 14.5 Å². The van der Waals surface area contributed by atoms with Crippen molar-refractivity contribution in [2.75, 3.05) is 38.0 Å². The molecule has 2 fully saturated rings. The molecule has 2 aromatic rings. The molecule has 6 heteroatoms. The van der Waals surface area contributed by atoms with Crippen LogP contribution in [-0.4, -0.2) is 54.3 Å². The SMILES string of the molecule is O=C(Nc1ccc(C(=O)N2CCN(CCc3ccccc3)CC2)s1)C1CC1. The lowest BCUT2D eigenvalue weighted by molar-refractivity contribution is -0.117. The summed E-state index contributed by atoms with van der Waals surface area (Å²) >= 11 is 1.38. The van der Waals surface area contributed by atoms with Crippen molar-refractivity contribution >= 4 is 28.2 Å². The highest BCUT2D eigenvalue weighted by Gasteiger charge is 2.30. The van der Waals surface area contributed by atoms with Gasteiger partial charge in [-0.15, -0.1) is 11.3 Å². The van der Waals surface area contributed by atoms with Gasteiger partial charge in [0.2, 0.25) is 5.91 Å². The number of hydrogen-bond donors (Lipinski definition) is 1. The van der Waals surface area contributed by atoms with Gasteiger partial charge in [-0.05, 0) is 37.0 Å². The van der Waals surface area contributed by atoms with Crippen LogP contribution in [0.5, 0.6) is 0 Å². The number of amides is 2. The van der Waals surface area contributed by atoms with Gasteiger partial charge in [0, 0.05) is 38.6 Å². The fourth-order valence-corrected chi connectivity index (χ4v) is 4.23. The molecule has 2 aliphatic rings. The zero-order valence-corrected chi connectivity index (χ0v) is 16.2. The number of nitrogens with zero attached hydrogens (tertiary/aromatic N) is 2. The van der Waals surface area contributed by atoms with Crippen molar-refractivity contribution in [3.63, 3.8) is 0 Å². The molecule has 1 saturated heterocycles. The largest absolute Gasteiger partial charge is 0.335 e. The molecule has 1 aliphatic carbocycles. The van der Waals surface area contributed by atoms with Gasteiger partial charge in [0.25, 0.3) is 5.91 Å². The van der Waals surface area contributed by atoms with E-state index in [1.54, 1.807) is 0 Å². The fraction of sp³-hybridized carbons (Fsp3) is 0.429. The Hall–Kier alpha value is -2.18. The first kappa shape index (κ1) is 18.2. The lowest BCUT2D eigenvalue weighted by atomic mass is 10.1. The second-order valence-corrected chi connectivity index (χ2v) is 8.38. The topological polar surface area (TPSA) is 52.7 Å². The van der Waals surface area contributed by atoms with Gasteiger partial charge in [-0.1, -0.05) is 30.3 Å². The molecule has 0 bridgehead atoms. The third-order valence-electron chi connectivity index (χ3n) is 5.23. The Kier molecular flexibility index (Phi) is 5.55. The highest BCUT2D eigenvalue weighted by Crippen LogP contribution is 2.32. The minimum atomic E-state index is 0.0784. The molecular weight excluding hydrogens is 358 g/mol. The molecule has 0 spiro atoms. The summed E-state index contributed by atoms with van der Waals surface area (Å²) < 4.78 is 0. The molecule has 1 saturated carbocycles. The van der Waals surface area contributed by atoms with Crippen LogP contribution in [-0.2, 0) is 11.2 Å². The van der Waals surface area contributed by atoms with E-state index in [9.17, 15) is 9.59 Å². The monoisotopic (exact) mass is 383 g/mol. The van der Waals surface area contributed by atoms with Crippen molar-refractivity contribution in [3.05, 3.63) is 52.9 Å². The van der Waals surface area contributed by atoms with Gasteiger partial charge >= 0.3 is 0 Å². The van der Waals surface area contributed by atoms with Crippen molar-refractivity contribution in [2.24, 2.45) is 5.92 Å². The second-order valence-electron chi connectivity index (χ2n) is 7.30. The van der Waals surface area contributed by atoms with Crippen LogP contribution >= 0.6 is 11.3 Å². The Morgan fingerprint density at radius 3 is 2.44 bits per heavy atom. The lowest BCUT2D eigenvalue weighted by Gasteiger charge is -2.34. The average Bonchev–Trinajstić information content (AvgIpc) is 3.47. The number of anilines is 1. The van der Waals surface area contributed by atoms with Crippen LogP contribution in [0.1, 0.15) is 28.1 Å². The number of piperazine rings is 1. The van der Waals surface area contributed by atoms with Crippen molar-refractivity contribution in [1.29, 1.82) is 0 Å². The molecule has 2 heterocycles. The van der Waals surface area contributed by atoms with Gasteiger partial charge in [0.15, 0.2) is 0 Å². The molecule has 5 nitrogen and oxygen atoms in total. The highest BCUT2D eigenvalue weighted by atomic mass is 32.1. The quantitative estimate of drug-likeness (QED) is 0.834. The standard InChI is InChI=1S/C21H25N3O2S/c25-20(17-6-7-17)22-19-9-8-18(27-19)21(26)24-14-12-23(13-15-24)11-10-16-4-2-1-3-5-16/h1-5,8-9,17H,6-7,10-15H2,(H,22,25). The smallest absolute Gasteiger partial charge is 0.264 e. The average molecular weight is 384 g/mol. The highest BCUT2D eigenvalue weighted by molar-refractivity contribution is 7.18. The maximum absolute atomic E-state index is 12.7. The number of benzene rings is 1. The summed E-state index contributed by atoms with van der Waals surface area (Å²) in [6.45, 7) is 4.37. The van der Waals surface area contributed by atoms with E-state index in [4.69, 9.17) is 0 Å². The van der Waals surface area contributed by atoms with Gasteiger partial charge < -0.3 is 10.2 Å². The number of carbonyl (C=O) groups excluding carboxylic acids is 2. The molecule has 1 aromatic heterocycles. The normalized spacial score (nSPS) is 17.7. The molecule has 27 heavy (non-hydrogen) atoms. The predicted octanol–water partition coefficient (Wildman–Crippen LogP) is 3.10. The lowest BCUT2D eigenvalue weighted by Crippen LogP contribution is -2.48. The fourth-order valence-electron chi connectivity index (χ4n) is 3.35. The third-order valence-corrected chi connectivity index (χ3v) is 6.22. The second kappa shape index (κ2) is 8.23. The summed E-state index contributed by atoms with van der Waals surface area (Å²) in [6, 6.07) is 14.2. The number of hydrogen-bond acceptors (Lipinski definition) is 4. The Balaban J connectivity index is 1.24. The van der Waals surface area contributed by atoms with Crippen LogP contribution in [0.15, 0.2) is 42.5 Å². The van der Waals surface area contributed by atoms with Gasteiger partial charge in [0.1, 0.15) is 0 Å². The zero-order chi connectivity index (χ0) is 18.6. The molecule has 4 rings (SSSR count). The predicted molar refractivity (Wildman–Crippen MR) is 108 cm³/mol. The zero-order valence-electron chi connectivity index (χ0n) is 15.4. The van der Waals surface area contributed by atoms with E-state index < -0.39 is 0 Å². The van der Waals surface area contributed by atoms with Gasteiger partial charge in [-0.2, -0.15) is 0 Å². The van der Waals surface area contributed by atoms with Crippen LogP contribution in [0.3, 0.4) is 0 Å². The van der Waals surface area contributed by atoms with Crippen molar-refractivity contribution in [1.82, 2.24) is 9.80 Å². The van der Waals surface area contributed by atoms with Crippen LogP contribution in [0.4, 0.5) is 5.00 Å². The van der Waals surface area contributed by atoms with Crippen molar-refractivity contribution < 1.29 is 9.59 Å². The molecule has 0 unspecified atom stereocenters. The van der Waals surface area contributed by atoms with E-state index >= 15 is 0 Å². The Labute approximate surface area is 164 Å². The summed E-state index contributed by atoms with van der Waals surface area (Å²) in [5.41, 5.74) is 1.36. The molecule has 1 aliphatic heterocycles. The van der Waals surface area contributed by atoms with Crippen LogP contribution in [0.25, 0.3) is 0 Å². The summed E-state index contributed by atoms with van der Waals surface area (Å²) in [5.74, 6) is 0.340. The number of nitrogens with one attached hydrogen (secondary N) is 1. The molecule has 142 valence electrons. The first-order valence-corrected chi connectivity index (χ1v) is 10.5. The molecule has 1 N–H and O–H groups in total. The minimum Gasteiger partial charge on any atom is -0.335 e. The minimum absolute atomic E-state index is 0.0784. The maximum Gasteiger partial charge on any atom is 0.264 e. The summed E-state index contributed by atoms with van der Waals surface area (Å²) in [4.78, 5) is 29.6. The Bertz CT molecular complexity index is 793. The Morgan fingerprint density at radius 2 is 1.74 bits per heavy atom. The first-order chi connectivity index (χ1) is 13.2.